The number of halogens is 7. The second kappa shape index (κ2) is 4.14. The van der Waals surface area contributed by atoms with E-state index in [4.69, 9.17) is 23.2 Å². The first kappa shape index (κ1) is 12.5. The Bertz CT molecular complexity index is 374. The van der Waals surface area contributed by atoms with E-state index in [2.05, 4.69) is 0 Å². The van der Waals surface area contributed by atoms with Crippen LogP contribution in [-0.4, -0.2) is 6.18 Å². The van der Waals surface area contributed by atoms with E-state index in [0.717, 1.165) is 0 Å². The summed E-state index contributed by atoms with van der Waals surface area (Å²) in [6.07, 6.45) is -4.77. The van der Waals surface area contributed by atoms with Crippen molar-refractivity contribution < 1.29 is 22.0 Å². The number of benzene rings is 1. The van der Waals surface area contributed by atoms with Gasteiger partial charge in [0.2, 0.25) is 0 Å². The summed E-state index contributed by atoms with van der Waals surface area (Å²) in [6.45, 7) is 0. The molecule has 0 radical (unpaired) electrons. The van der Waals surface area contributed by atoms with Crippen LogP contribution in [0.15, 0.2) is 12.1 Å². The van der Waals surface area contributed by atoms with Crippen molar-refractivity contribution in [2.24, 2.45) is 0 Å². The van der Waals surface area contributed by atoms with E-state index in [1.165, 1.54) is 0 Å². The van der Waals surface area contributed by atoms with E-state index < -0.39 is 33.8 Å². The van der Waals surface area contributed by atoms with Crippen LogP contribution in [-0.2, 0) is 0 Å². The lowest BCUT2D eigenvalue weighted by Gasteiger charge is -2.15. The minimum absolute atomic E-state index is 0.336. The third-order valence-corrected chi connectivity index (χ3v) is 2.41. The van der Waals surface area contributed by atoms with Gasteiger partial charge in [0.25, 0.3) is 0 Å². The lowest BCUT2D eigenvalue weighted by atomic mass is 10.1. The first-order valence-electron chi connectivity index (χ1n) is 3.58. The molecule has 0 saturated carbocycles. The summed E-state index contributed by atoms with van der Waals surface area (Å²) in [6, 6.07) is 0.788. The second-order valence-corrected chi connectivity index (χ2v) is 3.54. The number of hydrogen-bond donors (Lipinski definition) is 0. The molecular formula is C8H3Cl2F5. The Morgan fingerprint density at radius 2 is 1.53 bits per heavy atom. The topological polar surface area (TPSA) is 0 Å². The predicted molar refractivity (Wildman–Crippen MR) is 46.0 cm³/mol. The standard InChI is InChI=1S/C8H3Cl2F5/c9-4-2-6(12)5(11)1-3(4)7(10)8(13,14)15/h1-2,7H. The largest absolute Gasteiger partial charge is 0.408 e. The van der Waals surface area contributed by atoms with E-state index >= 15 is 0 Å². The van der Waals surface area contributed by atoms with Gasteiger partial charge in [-0.05, 0) is 12.1 Å². The Hall–Kier alpha value is -0.550. The Kier molecular flexibility index (Phi) is 3.45. The zero-order valence-electron chi connectivity index (χ0n) is 6.88. The van der Waals surface area contributed by atoms with Gasteiger partial charge in [0.15, 0.2) is 17.0 Å². The zero-order valence-corrected chi connectivity index (χ0v) is 8.39. The fourth-order valence-electron chi connectivity index (χ4n) is 0.908. The lowest BCUT2D eigenvalue weighted by Crippen LogP contribution is -2.16. The molecule has 0 spiro atoms. The summed E-state index contributed by atoms with van der Waals surface area (Å²) in [5, 5.41) is -3.02. The maximum absolute atomic E-state index is 12.6. The highest BCUT2D eigenvalue weighted by molar-refractivity contribution is 6.32. The van der Waals surface area contributed by atoms with Crippen molar-refractivity contribution in [1.82, 2.24) is 0 Å². The predicted octanol–water partition coefficient (Wildman–Crippen LogP) is 4.46. The molecule has 0 aromatic heterocycles. The van der Waals surface area contributed by atoms with Crippen molar-refractivity contribution in [3.63, 3.8) is 0 Å². The summed E-state index contributed by atoms with van der Waals surface area (Å²) in [5.41, 5.74) is -0.704. The van der Waals surface area contributed by atoms with Gasteiger partial charge in [-0.1, -0.05) is 11.6 Å². The zero-order chi connectivity index (χ0) is 11.8. The monoisotopic (exact) mass is 264 g/mol. The summed E-state index contributed by atoms with van der Waals surface area (Å²) < 4.78 is 61.6. The number of rotatable bonds is 1. The maximum atomic E-state index is 12.6. The van der Waals surface area contributed by atoms with Crippen molar-refractivity contribution >= 4 is 23.2 Å². The molecule has 15 heavy (non-hydrogen) atoms. The molecule has 0 bridgehead atoms. The second-order valence-electron chi connectivity index (χ2n) is 2.69. The van der Waals surface area contributed by atoms with Gasteiger partial charge in [-0.3, -0.25) is 0 Å². The highest BCUT2D eigenvalue weighted by Crippen LogP contribution is 2.41. The van der Waals surface area contributed by atoms with Crippen molar-refractivity contribution in [1.29, 1.82) is 0 Å². The van der Waals surface area contributed by atoms with Crippen molar-refractivity contribution in [2.75, 3.05) is 0 Å². The van der Waals surface area contributed by atoms with Gasteiger partial charge in [-0.2, -0.15) is 13.2 Å². The van der Waals surface area contributed by atoms with Crippen LogP contribution in [0.2, 0.25) is 5.02 Å². The van der Waals surface area contributed by atoms with E-state index in [9.17, 15) is 22.0 Å². The lowest BCUT2D eigenvalue weighted by molar-refractivity contribution is -0.131. The molecule has 0 nitrogen and oxygen atoms in total. The van der Waals surface area contributed by atoms with E-state index in [1.54, 1.807) is 0 Å². The molecule has 0 aliphatic rings. The number of hydrogen-bond acceptors (Lipinski definition) is 0. The summed E-state index contributed by atoms with van der Waals surface area (Å²) in [7, 11) is 0. The molecule has 0 aliphatic carbocycles. The van der Waals surface area contributed by atoms with Gasteiger partial charge < -0.3 is 0 Å². The average molecular weight is 265 g/mol. The minimum atomic E-state index is -4.77. The van der Waals surface area contributed by atoms with Crippen molar-refractivity contribution in [3.8, 4) is 0 Å². The fourth-order valence-corrected chi connectivity index (χ4v) is 1.40. The summed E-state index contributed by atoms with van der Waals surface area (Å²) in [5.74, 6) is -2.75. The SMILES string of the molecule is Fc1cc(Cl)c(C(Cl)C(F)(F)F)cc1F. The van der Waals surface area contributed by atoms with Crippen LogP contribution >= 0.6 is 23.2 Å². The Balaban J connectivity index is 3.21. The van der Waals surface area contributed by atoms with Gasteiger partial charge >= 0.3 is 6.18 Å². The first-order chi connectivity index (χ1) is 6.73. The minimum Gasteiger partial charge on any atom is -0.204 e. The Labute approximate surface area is 91.6 Å². The van der Waals surface area contributed by atoms with Gasteiger partial charge in [-0.25, -0.2) is 8.78 Å². The van der Waals surface area contributed by atoms with Crippen LogP contribution in [0.3, 0.4) is 0 Å². The van der Waals surface area contributed by atoms with Crippen molar-refractivity contribution in [2.45, 2.75) is 11.6 Å². The van der Waals surface area contributed by atoms with Gasteiger partial charge in [-0.15, -0.1) is 11.6 Å². The normalized spacial score (nSPS) is 14.1. The summed E-state index contributed by atoms with van der Waals surface area (Å²) >= 11 is 10.3. The molecule has 0 aliphatic heterocycles. The van der Waals surface area contributed by atoms with Crippen molar-refractivity contribution in [3.05, 3.63) is 34.4 Å². The third kappa shape index (κ3) is 2.72. The van der Waals surface area contributed by atoms with Crippen LogP contribution in [0, 0.1) is 11.6 Å². The molecule has 1 aromatic carbocycles. The van der Waals surface area contributed by atoms with Crippen LogP contribution in [0.4, 0.5) is 22.0 Å². The smallest absolute Gasteiger partial charge is 0.204 e. The maximum Gasteiger partial charge on any atom is 0.408 e. The molecule has 0 fully saturated rings. The van der Waals surface area contributed by atoms with E-state index in [0.29, 0.717) is 12.1 Å². The average Bonchev–Trinajstić information content (AvgIpc) is 2.08. The van der Waals surface area contributed by atoms with Gasteiger partial charge in [0.05, 0.1) is 0 Å². The van der Waals surface area contributed by atoms with Gasteiger partial charge in [0.1, 0.15) is 0 Å². The fraction of sp³-hybridized carbons (Fsp3) is 0.250. The molecule has 0 heterocycles. The first-order valence-corrected chi connectivity index (χ1v) is 4.40. The van der Waals surface area contributed by atoms with Gasteiger partial charge in [0, 0.05) is 10.6 Å². The molecule has 7 heteroatoms. The third-order valence-electron chi connectivity index (χ3n) is 1.60. The van der Waals surface area contributed by atoms with E-state index in [-0.39, 0.29) is 0 Å². The molecular weight excluding hydrogens is 262 g/mol. The molecule has 1 atom stereocenters. The Morgan fingerprint density at radius 3 is 2.00 bits per heavy atom. The molecule has 84 valence electrons. The molecule has 0 N–H and O–H groups in total. The van der Waals surface area contributed by atoms with Crippen LogP contribution in [0.25, 0.3) is 0 Å². The highest BCUT2D eigenvalue weighted by Gasteiger charge is 2.40. The molecule has 1 unspecified atom stereocenters. The quantitative estimate of drug-likeness (QED) is 0.399. The van der Waals surface area contributed by atoms with E-state index in [1.807, 2.05) is 0 Å². The van der Waals surface area contributed by atoms with Crippen LogP contribution < -0.4 is 0 Å². The highest BCUT2D eigenvalue weighted by atomic mass is 35.5. The van der Waals surface area contributed by atoms with Crippen LogP contribution in [0.1, 0.15) is 10.9 Å². The molecule has 0 saturated heterocycles. The molecule has 1 rings (SSSR count). The molecule has 1 aromatic rings. The Morgan fingerprint density at radius 1 is 1.07 bits per heavy atom. The summed E-state index contributed by atoms with van der Waals surface area (Å²) in [4.78, 5) is 0. The van der Waals surface area contributed by atoms with Crippen LogP contribution in [0.5, 0.6) is 0 Å². The number of alkyl halides is 4. The molecule has 0 amide bonds.